The lowest BCUT2D eigenvalue weighted by atomic mass is 10.1. The van der Waals surface area contributed by atoms with Gasteiger partial charge in [-0.25, -0.2) is 4.99 Å². The molecule has 1 N–H and O–H groups in total. The van der Waals surface area contributed by atoms with E-state index in [9.17, 15) is 20.0 Å². The van der Waals surface area contributed by atoms with Crippen molar-refractivity contribution in [3.05, 3.63) is 33.9 Å². The molecule has 0 saturated carbocycles. The Morgan fingerprint density at radius 2 is 2.14 bits per heavy atom. The third-order valence-electron chi connectivity index (χ3n) is 3.14. The smallest absolute Gasteiger partial charge is 0.278 e. The second kappa shape index (κ2) is 4.47. The van der Waals surface area contributed by atoms with Gasteiger partial charge in [0.1, 0.15) is 5.75 Å². The molecule has 9 heteroatoms. The van der Waals surface area contributed by atoms with Crippen molar-refractivity contribution in [3.63, 3.8) is 0 Å². The maximum absolute atomic E-state index is 12.0. The van der Waals surface area contributed by atoms with Gasteiger partial charge in [0.15, 0.2) is 11.9 Å². The van der Waals surface area contributed by atoms with E-state index in [0.717, 1.165) is 12.1 Å². The molecule has 0 bridgehead atoms. The molecule has 0 radical (unpaired) electrons. The Morgan fingerprint density at radius 1 is 1.38 bits per heavy atom. The van der Waals surface area contributed by atoms with E-state index in [1.807, 2.05) is 0 Å². The standard InChI is InChI=1S/C12H9N5O4/c1-16-10-8(5-13-16)14-11(15-12(10)19)7-4-6(17(20)21)2-3-9(7)18/h2-5,10,18H,1H3. The van der Waals surface area contributed by atoms with Crippen molar-refractivity contribution >= 4 is 29.4 Å². The zero-order chi connectivity index (χ0) is 15.1. The van der Waals surface area contributed by atoms with Crippen LogP contribution in [0, 0.1) is 10.1 Å². The largest absolute Gasteiger partial charge is 0.507 e. The maximum atomic E-state index is 12.0. The lowest BCUT2D eigenvalue weighted by Gasteiger charge is -2.19. The van der Waals surface area contributed by atoms with E-state index in [4.69, 9.17) is 0 Å². The van der Waals surface area contributed by atoms with Gasteiger partial charge in [0.05, 0.1) is 22.4 Å². The van der Waals surface area contributed by atoms with Gasteiger partial charge in [0.2, 0.25) is 0 Å². The van der Waals surface area contributed by atoms with Crippen LogP contribution >= 0.6 is 0 Å². The van der Waals surface area contributed by atoms with Crippen LogP contribution in [-0.4, -0.2) is 51.8 Å². The lowest BCUT2D eigenvalue weighted by molar-refractivity contribution is -0.384. The minimum atomic E-state index is -0.672. The van der Waals surface area contributed by atoms with Gasteiger partial charge < -0.3 is 5.11 Å². The summed E-state index contributed by atoms with van der Waals surface area (Å²) in [5, 5.41) is 26.0. The van der Waals surface area contributed by atoms with Gasteiger partial charge in [-0.05, 0) is 6.07 Å². The number of carbonyl (C=O) groups excluding carboxylic acids is 1. The Bertz CT molecular complexity index is 752. The molecule has 9 nitrogen and oxygen atoms in total. The number of carbonyl (C=O) groups is 1. The van der Waals surface area contributed by atoms with Gasteiger partial charge in [0.25, 0.3) is 11.6 Å². The van der Waals surface area contributed by atoms with Crippen LogP contribution in [0.2, 0.25) is 0 Å². The number of aromatic hydroxyl groups is 1. The minimum Gasteiger partial charge on any atom is -0.507 e. The summed E-state index contributed by atoms with van der Waals surface area (Å²) in [6, 6.07) is 2.78. The van der Waals surface area contributed by atoms with Crippen LogP contribution in [-0.2, 0) is 4.79 Å². The van der Waals surface area contributed by atoms with E-state index in [2.05, 4.69) is 15.1 Å². The minimum absolute atomic E-state index is 0.0338. The lowest BCUT2D eigenvalue weighted by Crippen LogP contribution is -2.40. The summed E-state index contributed by atoms with van der Waals surface area (Å²) >= 11 is 0. The van der Waals surface area contributed by atoms with E-state index in [1.54, 1.807) is 7.05 Å². The van der Waals surface area contributed by atoms with E-state index in [0.29, 0.717) is 5.71 Å². The van der Waals surface area contributed by atoms with Crippen LogP contribution in [0.25, 0.3) is 0 Å². The number of phenols is 1. The topological polar surface area (TPSA) is 121 Å². The summed E-state index contributed by atoms with van der Waals surface area (Å²) in [4.78, 5) is 30.1. The number of non-ortho nitro benzene ring substituents is 1. The number of benzene rings is 1. The highest BCUT2D eigenvalue weighted by Gasteiger charge is 2.35. The van der Waals surface area contributed by atoms with E-state index in [1.165, 1.54) is 17.3 Å². The molecule has 2 aliphatic rings. The van der Waals surface area contributed by atoms with Gasteiger partial charge in [0, 0.05) is 19.2 Å². The molecule has 1 aromatic rings. The van der Waals surface area contributed by atoms with Crippen molar-refractivity contribution in [2.45, 2.75) is 6.04 Å². The van der Waals surface area contributed by atoms with Crippen LogP contribution < -0.4 is 0 Å². The second-order valence-electron chi connectivity index (χ2n) is 4.49. The Kier molecular flexibility index (Phi) is 2.75. The molecule has 0 aromatic heterocycles. The first-order valence-electron chi connectivity index (χ1n) is 5.93. The van der Waals surface area contributed by atoms with Crippen LogP contribution in [0.3, 0.4) is 0 Å². The number of hydrogen-bond acceptors (Lipinski definition) is 7. The highest BCUT2D eigenvalue weighted by Crippen LogP contribution is 2.26. The molecule has 1 atom stereocenters. The average Bonchev–Trinajstić information content (AvgIpc) is 2.81. The zero-order valence-corrected chi connectivity index (χ0v) is 10.8. The van der Waals surface area contributed by atoms with Crippen LogP contribution in [0.5, 0.6) is 5.75 Å². The van der Waals surface area contributed by atoms with E-state index >= 15 is 0 Å². The summed E-state index contributed by atoms with van der Waals surface area (Å²) < 4.78 is 0. The molecule has 0 aliphatic carbocycles. The number of nitrogens with zero attached hydrogens (tertiary/aromatic N) is 5. The molecule has 3 rings (SSSR count). The van der Waals surface area contributed by atoms with Crippen LogP contribution in [0.15, 0.2) is 33.3 Å². The Balaban J connectivity index is 2.08. The summed E-state index contributed by atoms with van der Waals surface area (Å²) in [7, 11) is 1.62. The number of aliphatic imine (C=N–C) groups is 2. The van der Waals surface area contributed by atoms with Crippen molar-refractivity contribution in [3.8, 4) is 5.75 Å². The first-order chi connectivity index (χ1) is 9.97. The Labute approximate surface area is 118 Å². The molecule has 0 fully saturated rings. The Morgan fingerprint density at radius 3 is 2.86 bits per heavy atom. The number of hydrogen-bond donors (Lipinski definition) is 1. The summed E-state index contributed by atoms with van der Waals surface area (Å²) in [6.45, 7) is 0. The number of amides is 1. The van der Waals surface area contributed by atoms with Gasteiger partial charge in [-0.1, -0.05) is 0 Å². The Hall–Kier alpha value is -3.10. The summed E-state index contributed by atoms with van der Waals surface area (Å²) in [5.41, 5.74) is 0.197. The molecule has 21 heavy (non-hydrogen) atoms. The second-order valence-corrected chi connectivity index (χ2v) is 4.49. The number of phenolic OH excluding ortho intramolecular Hbond substituents is 1. The summed E-state index contributed by atoms with van der Waals surface area (Å²) in [5.74, 6) is -0.784. The molecule has 2 heterocycles. The third kappa shape index (κ3) is 2.04. The molecule has 106 valence electrons. The van der Waals surface area contributed by atoms with Crippen LogP contribution in [0.1, 0.15) is 5.56 Å². The van der Waals surface area contributed by atoms with Crippen LogP contribution in [0.4, 0.5) is 5.69 Å². The van der Waals surface area contributed by atoms with Crippen molar-refractivity contribution in [1.29, 1.82) is 0 Å². The highest BCUT2D eigenvalue weighted by molar-refractivity contribution is 6.43. The zero-order valence-electron chi connectivity index (χ0n) is 10.8. The number of hydrazone groups is 1. The molecule has 1 unspecified atom stereocenters. The number of rotatable bonds is 2. The van der Waals surface area contributed by atoms with E-state index in [-0.39, 0.29) is 22.8 Å². The molecule has 1 aromatic carbocycles. The van der Waals surface area contributed by atoms with Gasteiger partial charge in [-0.15, -0.1) is 0 Å². The third-order valence-corrected chi connectivity index (χ3v) is 3.14. The number of fused-ring (bicyclic) bond motifs is 1. The van der Waals surface area contributed by atoms with Crippen molar-refractivity contribution in [1.82, 2.24) is 5.01 Å². The number of likely N-dealkylation sites (N-methyl/N-ethyl adjacent to an activating group) is 1. The molecule has 2 aliphatic heterocycles. The van der Waals surface area contributed by atoms with Gasteiger partial charge in [-0.2, -0.15) is 10.1 Å². The van der Waals surface area contributed by atoms with Crippen molar-refractivity contribution in [2.75, 3.05) is 7.05 Å². The van der Waals surface area contributed by atoms with Gasteiger partial charge in [-0.3, -0.25) is 19.9 Å². The fraction of sp³-hybridized carbons (Fsp3) is 0.167. The molecular weight excluding hydrogens is 278 g/mol. The number of amidine groups is 1. The summed E-state index contributed by atoms with van der Waals surface area (Å²) in [6.07, 6.45) is 1.42. The van der Waals surface area contributed by atoms with Crippen molar-refractivity contribution < 1.29 is 14.8 Å². The maximum Gasteiger partial charge on any atom is 0.278 e. The first-order valence-corrected chi connectivity index (χ1v) is 5.93. The monoisotopic (exact) mass is 287 g/mol. The predicted molar refractivity (Wildman–Crippen MR) is 73.8 cm³/mol. The first kappa shape index (κ1) is 12.9. The fourth-order valence-corrected chi connectivity index (χ4v) is 2.11. The highest BCUT2D eigenvalue weighted by atomic mass is 16.6. The molecular formula is C12H9N5O4. The molecule has 0 saturated heterocycles. The predicted octanol–water partition coefficient (Wildman–Crippen LogP) is 0.328. The van der Waals surface area contributed by atoms with Gasteiger partial charge >= 0.3 is 0 Å². The van der Waals surface area contributed by atoms with E-state index < -0.39 is 16.9 Å². The number of nitro benzene ring substituents is 1. The molecule has 1 amide bonds. The normalized spacial score (nSPS) is 20.1. The fourth-order valence-electron chi connectivity index (χ4n) is 2.11. The SMILES string of the molecule is CN1N=CC2=NC(c3cc([N+](=O)[O-])ccc3O)=NC(=O)C21. The molecule has 0 spiro atoms. The quantitative estimate of drug-likeness (QED) is 0.620. The average molecular weight is 287 g/mol. The number of nitro groups is 1. The van der Waals surface area contributed by atoms with Crippen molar-refractivity contribution in [2.24, 2.45) is 15.1 Å².